The van der Waals surface area contributed by atoms with Crippen LogP contribution in [0.2, 0.25) is 0 Å². The molecule has 0 aliphatic rings. The number of H-pyrrole nitrogens is 1. The molecule has 1 N–H and O–H groups in total. The van der Waals surface area contributed by atoms with E-state index in [9.17, 15) is 4.39 Å². The first kappa shape index (κ1) is 14.2. The van der Waals surface area contributed by atoms with E-state index < -0.39 is 0 Å². The highest BCUT2D eigenvalue weighted by Gasteiger charge is 2.15. The Hall–Kier alpha value is -2.40. The molecule has 0 radical (unpaired) electrons. The van der Waals surface area contributed by atoms with Gasteiger partial charge in [-0.3, -0.25) is 0 Å². The topological polar surface area (TPSA) is 33.6 Å². The van der Waals surface area contributed by atoms with Crippen molar-refractivity contribution in [3.8, 4) is 11.3 Å². The monoisotopic (exact) mass is 369 g/mol. The molecule has 2 heterocycles. The Kier molecular flexibility index (Phi) is 3.50. The summed E-state index contributed by atoms with van der Waals surface area (Å²) >= 11 is 3.54. The normalized spacial score (nSPS) is 11.2. The Bertz CT molecular complexity index is 970. The molecule has 23 heavy (non-hydrogen) atoms. The molecule has 2 aromatic heterocycles. The zero-order chi connectivity index (χ0) is 15.8. The summed E-state index contributed by atoms with van der Waals surface area (Å²) in [5.74, 6) is -0.225. The molecule has 2 aromatic carbocycles. The Morgan fingerprint density at radius 2 is 1.87 bits per heavy atom. The number of aromatic nitrogens is 3. The van der Waals surface area contributed by atoms with Crippen molar-refractivity contribution in [2.45, 2.75) is 6.54 Å². The average Bonchev–Trinajstić information content (AvgIpc) is 3.13. The van der Waals surface area contributed by atoms with Crippen LogP contribution in [0.1, 0.15) is 5.56 Å². The first-order valence-corrected chi connectivity index (χ1v) is 8.03. The van der Waals surface area contributed by atoms with Crippen LogP contribution in [0.5, 0.6) is 0 Å². The summed E-state index contributed by atoms with van der Waals surface area (Å²) in [6, 6.07) is 14.7. The molecule has 5 heteroatoms. The van der Waals surface area contributed by atoms with Crippen molar-refractivity contribution in [3.63, 3.8) is 0 Å². The number of benzene rings is 2. The lowest BCUT2D eigenvalue weighted by molar-refractivity contribution is 0.626. The molecule has 114 valence electrons. The zero-order valence-corrected chi connectivity index (χ0v) is 13.7. The summed E-state index contributed by atoms with van der Waals surface area (Å²) in [4.78, 5) is 7.68. The molecule has 0 bridgehead atoms. The van der Waals surface area contributed by atoms with Gasteiger partial charge in [0.25, 0.3) is 0 Å². The van der Waals surface area contributed by atoms with Crippen molar-refractivity contribution in [2.24, 2.45) is 0 Å². The van der Waals surface area contributed by atoms with Crippen LogP contribution in [0, 0.1) is 5.82 Å². The molecule has 0 aliphatic carbocycles. The van der Waals surface area contributed by atoms with Crippen LogP contribution >= 0.6 is 15.9 Å². The molecule has 0 aliphatic heterocycles. The highest BCUT2D eigenvalue weighted by atomic mass is 79.9. The summed E-state index contributed by atoms with van der Waals surface area (Å²) in [6.07, 6.45) is 3.79. The number of nitrogens with zero attached hydrogens (tertiary/aromatic N) is 2. The van der Waals surface area contributed by atoms with Gasteiger partial charge in [-0.2, -0.15) is 0 Å². The van der Waals surface area contributed by atoms with Gasteiger partial charge in [0, 0.05) is 29.2 Å². The lowest BCUT2D eigenvalue weighted by Crippen LogP contribution is -2.00. The largest absolute Gasteiger partial charge is 0.360 e. The van der Waals surface area contributed by atoms with Crippen molar-refractivity contribution in [1.29, 1.82) is 0 Å². The van der Waals surface area contributed by atoms with Gasteiger partial charge in [-0.05, 0) is 39.7 Å². The first-order chi connectivity index (χ1) is 11.2. The summed E-state index contributed by atoms with van der Waals surface area (Å²) < 4.78 is 15.9. The number of rotatable bonds is 3. The highest BCUT2D eigenvalue weighted by molar-refractivity contribution is 9.10. The molecule has 0 saturated carbocycles. The van der Waals surface area contributed by atoms with E-state index in [0.29, 0.717) is 6.54 Å². The standard InChI is InChI=1S/C18H13BrFN3/c19-18-17(15-9-21-16-4-2-1-3-14(15)16)23(11-22-18)10-12-5-7-13(20)8-6-12/h1-9,11,21H,10H2. The second-order valence-corrected chi connectivity index (χ2v) is 6.14. The molecule has 4 aromatic rings. The van der Waals surface area contributed by atoms with Crippen molar-refractivity contribution in [2.75, 3.05) is 0 Å². The maximum absolute atomic E-state index is 13.1. The Balaban J connectivity index is 1.80. The van der Waals surface area contributed by atoms with Gasteiger partial charge in [-0.1, -0.05) is 30.3 Å². The van der Waals surface area contributed by atoms with E-state index in [1.165, 1.54) is 12.1 Å². The van der Waals surface area contributed by atoms with E-state index in [2.05, 4.69) is 36.5 Å². The predicted octanol–water partition coefficient (Wildman–Crippen LogP) is 4.98. The van der Waals surface area contributed by atoms with Crippen molar-refractivity contribution >= 4 is 26.8 Å². The van der Waals surface area contributed by atoms with E-state index in [-0.39, 0.29) is 5.82 Å². The van der Waals surface area contributed by atoms with Crippen molar-refractivity contribution in [1.82, 2.24) is 14.5 Å². The number of imidazole rings is 1. The third-order valence-corrected chi connectivity index (χ3v) is 4.48. The Morgan fingerprint density at radius 3 is 2.70 bits per heavy atom. The second-order valence-electron chi connectivity index (χ2n) is 5.39. The first-order valence-electron chi connectivity index (χ1n) is 7.24. The fraction of sp³-hybridized carbons (Fsp3) is 0.0556. The number of nitrogens with one attached hydrogen (secondary N) is 1. The van der Waals surface area contributed by atoms with Crippen LogP contribution in [0.25, 0.3) is 22.2 Å². The van der Waals surface area contributed by atoms with Crippen LogP contribution in [-0.4, -0.2) is 14.5 Å². The fourth-order valence-corrected chi connectivity index (χ4v) is 3.33. The Labute approximate surface area is 140 Å². The lowest BCUT2D eigenvalue weighted by Gasteiger charge is -2.08. The van der Waals surface area contributed by atoms with Gasteiger partial charge in [0.15, 0.2) is 0 Å². The average molecular weight is 370 g/mol. The highest BCUT2D eigenvalue weighted by Crippen LogP contribution is 2.33. The molecule has 3 nitrogen and oxygen atoms in total. The number of hydrogen-bond acceptors (Lipinski definition) is 1. The number of halogens is 2. The zero-order valence-electron chi connectivity index (χ0n) is 12.1. The van der Waals surface area contributed by atoms with Gasteiger partial charge in [0.05, 0.1) is 12.0 Å². The van der Waals surface area contributed by atoms with Gasteiger partial charge in [0.2, 0.25) is 0 Å². The van der Waals surface area contributed by atoms with E-state index in [0.717, 1.165) is 32.3 Å². The third kappa shape index (κ3) is 2.57. The maximum atomic E-state index is 13.1. The van der Waals surface area contributed by atoms with Crippen LogP contribution < -0.4 is 0 Å². The molecule has 0 fully saturated rings. The van der Waals surface area contributed by atoms with E-state index in [1.54, 1.807) is 18.5 Å². The minimum Gasteiger partial charge on any atom is -0.360 e. The molecular formula is C18H13BrFN3. The van der Waals surface area contributed by atoms with E-state index in [4.69, 9.17) is 0 Å². The Morgan fingerprint density at radius 1 is 1.09 bits per heavy atom. The number of para-hydroxylation sites is 1. The van der Waals surface area contributed by atoms with Crippen molar-refractivity contribution in [3.05, 3.63) is 77.0 Å². The van der Waals surface area contributed by atoms with Crippen LogP contribution in [-0.2, 0) is 6.54 Å². The van der Waals surface area contributed by atoms with Crippen LogP contribution in [0.4, 0.5) is 4.39 Å². The third-order valence-electron chi connectivity index (χ3n) is 3.90. The summed E-state index contributed by atoms with van der Waals surface area (Å²) in [5, 5.41) is 1.15. The smallest absolute Gasteiger partial charge is 0.132 e. The SMILES string of the molecule is Fc1ccc(Cn2cnc(Br)c2-c2c[nH]c3ccccc23)cc1. The molecule has 0 spiro atoms. The predicted molar refractivity (Wildman–Crippen MR) is 92.7 cm³/mol. The fourth-order valence-electron chi connectivity index (χ4n) is 2.80. The van der Waals surface area contributed by atoms with Gasteiger partial charge < -0.3 is 9.55 Å². The summed E-state index contributed by atoms with van der Waals surface area (Å²) in [7, 11) is 0. The minimum atomic E-state index is -0.225. The van der Waals surface area contributed by atoms with Crippen LogP contribution in [0.15, 0.2) is 65.7 Å². The number of aromatic amines is 1. The molecule has 0 atom stereocenters. The van der Waals surface area contributed by atoms with Crippen molar-refractivity contribution < 1.29 is 4.39 Å². The molecular weight excluding hydrogens is 357 g/mol. The van der Waals surface area contributed by atoms with Crippen LogP contribution in [0.3, 0.4) is 0 Å². The molecule has 4 rings (SSSR count). The van der Waals surface area contributed by atoms with Gasteiger partial charge >= 0.3 is 0 Å². The molecule has 0 amide bonds. The second kappa shape index (κ2) is 5.66. The molecule has 0 unspecified atom stereocenters. The summed E-state index contributed by atoms with van der Waals surface area (Å²) in [6.45, 7) is 0.633. The maximum Gasteiger partial charge on any atom is 0.132 e. The van der Waals surface area contributed by atoms with Gasteiger partial charge in [-0.25, -0.2) is 9.37 Å². The number of hydrogen-bond donors (Lipinski definition) is 1. The quantitative estimate of drug-likeness (QED) is 0.542. The van der Waals surface area contributed by atoms with Gasteiger partial charge in [0.1, 0.15) is 10.4 Å². The summed E-state index contributed by atoms with van der Waals surface area (Å²) in [5.41, 5.74) is 4.21. The minimum absolute atomic E-state index is 0.225. The number of fused-ring (bicyclic) bond motifs is 1. The van der Waals surface area contributed by atoms with E-state index in [1.807, 2.05) is 24.4 Å². The van der Waals surface area contributed by atoms with Gasteiger partial charge in [-0.15, -0.1) is 0 Å². The molecule has 0 saturated heterocycles. The lowest BCUT2D eigenvalue weighted by atomic mass is 10.1. The van der Waals surface area contributed by atoms with E-state index >= 15 is 0 Å².